The van der Waals surface area contributed by atoms with Crippen molar-refractivity contribution in [3.63, 3.8) is 0 Å². The van der Waals surface area contributed by atoms with Gasteiger partial charge in [-0.3, -0.25) is 9.69 Å². The van der Waals surface area contributed by atoms with Crippen LogP contribution in [0, 0.1) is 0 Å². The van der Waals surface area contributed by atoms with Gasteiger partial charge in [0.25, 0.3) is 15.9 Å². The zero-order valence-electron chi connectivity index (χ0n) is 15.3. The third kappa shape index (κ3) is 4.75. The summed E-state index contributed by atoms with van der Waals surface area (Å²) in [6, 6.07) is 6.34. The van der Waals surface area contributed by atoms with Gasteiger partial charge in [0.2, 0.25) is 0 Å². The summed E-state index contributed by atoms with van der Waals surface area (Å²) in [6.45, 7) is 0. The molecular formula is C18H22BrN3O3S2. The van der Waals surface area contributed by atoms with Crippen LogP contribution in [0.15, 0.2) is 49.1 Å². The fourth-order valence-electron chi connectivity index (χ4n) is 3.20. The molecule has 1 amide bonds. The summed E-state index contributed by atoms with van der Waals surface area (Å²) in [4.78, 5) is 16.9. The van der Waals surface area contributed by atoms with Crippen molar-refractivity contribution in [3.8, 4) is 0 Å². The molecular weight excluding hydrogens is 450 g/mol. The van der Waals surface area contributed by atoms with Crippen LogP contribution in [0.25, 0.3) is 0 Å². The molecule has 6 nitrogen and oxygen atoms in total. The third-order valence-corrected chi connectivity index (χ3v) is 7.36. The van der Waals surface area contributed by atoms with Gasteiger partial charge in [-0.2, -0.15) is 8.42 Å². The number of hydrogen-bond donors (Lipinski definition) is 0. The molecule has 146 valence electrons. The number of carbonyl (C=O) groups excluding carboxylic acids is 1. The highest BCUT2D eigenvalue weighted by Crippen LogP contribution is 2.37. The Morgan fingerprint density at radius 2 is 1.81 bits per heavy atom. The highest BCUT2D eigenvalue weighted by Gasteiger charge is 2.40. The number of amides is 1. The molecule has 0 aromatic heterocycles. The summed E-state index contributed by atoms with van der Waals surface area (Å²) < 4.78 is 30.4. The molecule has 3 rings (SSSR count). The molecule has 1 aromatic rings. The Morgan fingerprint density at radius 1 is 1.19 bits per heavy atom. The number of hydrogen-bond acceptors (Lipinski definition) is 5. The van der Waals surface area contributed by atoms with Crippen molar-refractivity contribution in [2.45, 2.75) is 43.0 Å². The standard InChI is InChI=1S/C18H22BrN3O3S2/c1-21(2)12-16-17(23)22(14-6-4-3-5-7-14)18(26-16)20-27(24,25)15-10-8-13(19)9-11-15/h8-12,14H,3-7H2,1-2H3/b16-12+,20-18?. The van der Waals surface area contributed by atoms with E-state index in [1.807, 2.05) is 14.1 Å². The molecule has 1 aliphatic heterocycles. The quantitative estimate of drug-likeness (QED) is 0.624. The first-order chi connectivity index (χ1) is 12.8. The zero-order chi connectivity index (χ0) is 19.6. The number of carbonyl (C=O) groups is 1. The fraction of sp³-hybridized carbons (Fsp3) is 0.444. The minimum atomic E-state index is -3.90. The molecule has 0 N–H and O–H groups in total. The van der Waals surface area contributed by atoms with Crippen LogP contribution in [0.5, 0.6) is 0 Å². The maximum atomic E-state index is 12.9. The second-order valence-corrected chi connectivity index (χ2v) is 10.4. The Bertz CT molecular complexity index is 874. The van der Waals surface area contributed by atoms with E-state index in [1.165, 1.54) is 12.1 Å². The third-order valence-electron chi connectivity index (χ3n) is 4.46. The monoisotopic (exact) mass is 471 g/mol. The number of thioether (sulfide) groups is 1. The second-order valence-electron chi connectivity index (χ2n) is 6.83. The van der Waals surface area contributed by atoms with Gasteiger partial charge in [-0.1, -0.05) is 35.2 Å². The van der Waals surface area contributed by atoms with E-state index >= 15 is 0 Å². The number of nitrogens with zero attached hydrogens (tertiary/aromatic N) is 3. The maximum Gasteiger partial charge on any atom is 0.284 e. The van der Waals surface area contributed by atoms with E-state index in [0.29, 0.717) is 4.91 Å². The van der Waals surface area contributed by atoms with E-state index in [-0.39, 0.29) is 22.0 Å². The molecule has 0 spiro atoms. The molecule has 1 aromatic carbocycles. The molecule has 0 unspecified atom stereocenters. The van der Waals surface area contributed by atoms with Crippen LogP contribution in [0.2, 0.25) is 0 Å². The van der Waals surface area contributed by atoms with E-state index in [0.717, 1.165) is 48.3 Å². The van der Waals surface area contributed by atoms with E-state index in [2.05, 4.69) is 20.3 Å². The van der Waals surface area contributed by atoms with Crippen molar-refractivity contribution in [2.75, 3.05) is 14.1 Å². The van der Waals surface area contributed by atoms with Gasteiger partial charge in [0.05, 0.1) is 9.80 Å². The first kappa shape index (κ1) is 20.4. The summed E-state index contributed by atoms with van der Waals surface area (Å²) in [7, 11) is -0.230. The van der Waals surface area contributed by atoms with Crippen molar-refractivity contribution in [2.24, 2.45) is 4.40 Å². The van der Waals surface area contributed by atoms with Crippen LogP contribution in [0.4, 0.5) is 0 Å². The van der Waals surface area contributed by atoms with E-state index in [4.69, 9.17) is 0 Å². The second kappa shape index (κ2) is 8.36. The lowest BCUT2D eigenvalue weighted by Crippen LogP contribution is -2.40. The lowest BCUT2D eigenvalue weighted by molar-refractivity contribution is -0.124. The van der Waals surface area contributed by atoms with Gasteiger partial charge >= 0.3 is 0 Å². The topological polar surface area (TPSA) is 70.1 Å². The Kier molecular flexibility index (Phi) is 6.32. The average molecular weight is 472 g/mol. The molecule has 1 aliphatic carbocycles. The molecule has 1 heterocycles. The van der Waals surface area contributed by atoms with Gasteiger partial charge in [-0.15, -0.1) is 4.40 Å². The number of amidine groups is 1. The first-order valence-electron chi connectivity index (χ1n) is 8.78. The Hall–Kier alpha value is -1.32. The number of rotatable bonds is 4. The summed E-state index contributed by atoms with van der Waals surface area (Å²) in [5.74, 6) is -0.162. The predicted molar refractivity (Wildman–Crippen MR) is 112 cm³/mol. The molecule has 0 bridgehead atoms. The number of sulfonamides is 1. The van der Waals surface area contributed by atoms with Crippen molar-refractivity contribution in [1.82, 2.24) is 9.80 Å². The van der Waals surface area contributed by atoms with Gasteiger partial charge in [-0.25, -0.2) is 0 Å². The van der Waals surface area contributed by atoms with Crippen LogP contribution < -0.4 is 0 Å². The zero-order valence-corrected chi connectivity index (χ0v) is 18.5. The Balaban J connectivity index is 1.99. The average Bonchev–Trinajstić information content (AvgIpc) is 2.90. The summed E-state index contributed by atoms with van der Waals surface area (Å²) in [5.41, 5.74) is 0. The lowest BCUT2D eigenvalue weighted by Gasteiger charge is -2.30. The molecule has 27 heavy (non-hydrogen) atoms. The fourth-order valence-corrected chi connectivity index (χ4v) is 5.76. The summed E-state index contributed by atoms with van der Waals surface area (Å²) in [5, 5.41) is 0.253. The van der Waals surface area contributed by atoms with Crippen molar-refractivity contribution in [1.29, 1.82) is 0 Å². The minimum Gasteiger partial charge on any atom is -0.382 e. The molecule has 2 fully saturated rings. The van der Waals surface area contributed by atoms with Crippen molar-refractivity contribution in [3.05, 3.63) is 39.8 Å². The number of halogens is 1. The molecule has 0 radical (unpaired) electrons. The van der Waals surface area contributed by atoms with Crippen LogP contribution in [-0.4, -0.2) is 49.4 Å². The van der Waals surface area contributed by atoms with Crippen LogP contribution >= 0.6 is 27.7 Å². The Morgan fingerprint density at radius 3 is 2.41 bits per heavy atom. The van der Waals surface area contributed by atoms with E-state index in [1.54, 1.807) is 28.1 Å². The largest absolute Gasteiger partial charge is 0.382 e. The van der Waals surface area contributed by atoms with Gasteiger partial charge in [0.15, 0.2) is 5.17 Å². The van der Waals surface area contributed by atoms with Gasteiger partial charge < -0.3 is 4.90 Å². The molecule has 2 aliphatic rings. The van der Waals surface area contributed by atoms with Gasteiger partial charge in [0, 0.05) is 30.8 Å². The van der Waals surface area contributed by atoms with Gasteiger partial charge in [0.1, 0.15) is 0 Å². The van der Waals surface area contributed by atoms with E-state index < -0.39 is 10.0 Å². The van der Waals surface area contributed by atoms with Gasteiger partial charge in [-0.05, 0) is 48.9 Å². The summed E-state index contributed by atoms with van der Waals surface area (Å²) >= 11 is 4.43. The number of benzene rings is 1. The van der Waals surface area contributed by atoms with Crippen LogP contribution in [-0.2, 0) is 14.8 Å². The lowest BCUT2D eigenvalue weighted by atomic mass is 9.94. The van der Waals surface area contributed by atoms with Crippen molar-refractivity contribution < 1.29 is 13.2 Å². The SMILES string of the molecule is CN(C)/C=C1/SC(=NS(=O)(=O)c2ccc(Br)cc2)N(C2CCCCC2)C1=O. The van der Waals surface area contributed by atoms with Crippen LogP contribution in [0.1, 0.15) is 32.1 Å². The highest BCUT2D eigenvalue weighted by molar-refractivity contribution is 9.10. The molecule has 9 heteroatoms. The molecule has 1 saturated heterocycles. The molecule has 0 atom stereocenters. The maximum absolute atomic E-state index is 12.9. The van der Waals surface area contributed by atoms with Crippen LogP contribution in [0.3, 0.4) is 0 Å². The predicted octanol–water partition coefficient (Wildman–Crippen LogP) is 3.80. The Labute approximate surface area is 172 Å². The highest BCUT2D eigenvalue weighted by atomic mass is 79.9. The smallest absolute Gasteiger partial charge is 0.284 e. The molecule has 1 saturated carbocycles. The summed E-state index contributed by atoms with van der Waals surface area (Å²) in [6.07, 6.45) is 6.70. The minimum absolute atomic E-state index is 0.00526. The van der Waals surface area contributed by atoms with E-state index in [9.17, 15) is 13.2 Å². The first-order valence-corrected chi connectivity index (χ1v) is 11.8. The normalized spacial score (nSPS) is 22.0. The van der Waals surface area contributed by atoms with Crippen molar-refractivity contribution >= 4 is 48.8 Å².